The standard InChI is InChI=1S/C21H23N3O2/c1-16(18-6-4-3-5-7-18)24-21(25)19(14-22)15-23-13-12-17-8-10-20(26-2)11-9-17/h3-11,15-16,23H,12-13H2,1-2H3,(H,24,25)/b19-15-. The molecule has 1 atom stereocenters. The van der Waals surface area contributed by atoms with Crippen molar-refractivity contribution in [1.29, 1.82) is 5.26 Å². The predicted octanol–water partition coefficient (Wildman–Crippen LogP) is 3.11. The molecule has 26 heavy (non-hydrogen) atoms. The summed E-state index contributed by atoms with van der Waals surface area (Å²) in [6.45, 7) is 2.51. The highest BCUT2D eigenvalue weighted by Gasteiger charge is 2.13. The molecule has 0 saturated carbocycles. The summed E-state index contributed by atoms with van der Waals surface area (Å²) in [4.78, 5) is 12.2. The van der Waals surface area contributed by atoms with Crippen LogP contribution in [0.15, 0.2) is 66.4 Å². The van der Waals surface area contributed by atoms with E-state index < -0.39 is 0 Å². The van der Waals surface area contributed by atoms with Gasteiger partial charge < -0.3 is 15.4 Å². The fraction of sp³-hybridized carbons (Fsp3) is 0.238. The van der Waals surface area contributed by atoms with Gasteiger partial charge in [-0.05, 0) is 36.6 Å². The van der Waals surface area contributed by atoms with Crippen LogP contribution in [0.4, 0.5) is 0 Å². The Kier molecular flexibility index (Phi) is 7.26. The second-order valence-corrected chi connectivity index (χ2v) is 5.83. The normalized spacial score (nSPS) is 12.0. The molecular formula is C21H23N3O2. The summed E-state index contributed by atoms with van der Waals surface area (Å²) in [5, 5.41) is 15.1. The minimum Gasteiger partial charge on any atom is -0.497 e. The van der Waals surface area contributed by atoms with Crippen LogP contribution in [0.25, 0.3) is 0 Å². The van der Waals surface area contributed by atoms with E-state index in [4.69, 9.17) is 4.74 Å². The van der Waals surface area contributed by atoms with Gasteiger partial charge in [-0.25, -0.2) is 0 Å². The van der Waals surface area contributed by atoms with Crippen molar-refractivity contribution in [2.75, 3.05) is 13.7 Å². The van der Waals surface area contributed by atoms with Gasteiger partial charge in [0.2, 0.25) is 0 Å². The number of amides is 1. The number of nitrogens with zero attached hydrogens (tertiary/aromatic N) is 1. The molecular weight excluding hydrogens is 326 g/mol. The van der Waals surface area contributed by atoms with Gasteiger partial charge in [0, 0.05) is 12.7 Å². The van der Waals surface area contributed by atoms with Crippen molar-refractivity contribution in [2.45, 2.75) is 19.4 Å². The van der Waals surface area contributed by atoms with Crippen molar-refractivity contribution in [1.82, 2.24) is 10.6 Å². The zero-order valence-corrected chi connectivity index (χ0v) is 15.0. The minimum absolute atomic E-state index is 0.0579. The fourth-order valence-corrected chi connectivity index (χ4v) is 2.43. The van der Waals surface area contributed by atoms with Gasteiger partial charge in [-0.15, -0.1) is 0 Å². The van der Waals surface area contributed by atoms with Gasteiger partial charge in [0.1, 0.15) is 17.4 Å². The summed E-state index contributed by atoms with van der Waals surface area (Å²) in [6, 6.07) is 19.2. The first-order chi connectivity index (χ1) is 12.6. The van der Waals surface area contributed by atoms with E-state index in [0.29, 0.717) is 6.54 Å². The number of nitriles is 1. The zero-order valence-electron chi connectivity index (χ0n) is 15.0. The van der Waals surface area contributed by atoms with Crippen LogP contribution >= 0.6 is 0 Å². The van der Waals surface area contributed by atoms with E-state index >= 15 is 0 Å². The number of hydrogen-bond donors (Lipinski definition) is 2. The summed E-state index contributed by atoms with van der Waals surface area (Å²) in [5.74, 6) is 0.429. The van der Waals surface area contributed by atoms with Crippen LogP contribution in [0, 0.1) is 11.3 Å². The average molecular weight is 349 g/mol. The van der Waals surface area contributed by atoms with Gasteiger partial charge in [-0.3, -0.25) is 4.79 Å². The van der Waals surface area contributed by atoms with Crippen molar-refractivity contribution < 1.29 is 9.53 Å². The van der Waals surface area contributed by atoms with Crippen LogP contribution in [-0.2, 0) is 11.2 Å². The van der Waals surface area contributed by atoms with Crippen LogP contribution in [0.1, 0.15) is 24.1 Å². The van der Waals surface area contributed by atoms with Crippen LogP contribution in [0.3, 0.4) is 0 Å². The van der Waals surface area contributed by atoms with Gasteiger partial charge in [-0.2, -0.15) is 5.26 Å². The van der Waals surface area contributed by atoms with E-state index in [-0.39, 0.29) is 17.5 Å². The molecule has 0 aromatic heterocycles. The van der Waals surface area contributed by atoms with Crippen molar-refractivity contribution >= 4 is 5.91 Å². The monoisotopic (exact) mass is 349 g/mol. The number of nitrogens with one attached hydrogen (secondary N) is 2. The highest BCUT2D eigenvalue weighted by Crippen LogP contribution is 2.12. The lowest BCUT2D eigenvalue weighted by Gasteiger charge is -2.13. The molecule has 0 aliphatic heterocycles. The van der Waals surface area contributed by atoms with Crippen LogP contribution < -0.4 is 15.4 Å². The maximum absolute atomic E-state index is 12.2. The third-order valence-corrected chi connectivity index (χ3v) is 3.98. The number of rotatable bonds is 8. The highest BCUT2D eigenvalue weighted by atomic mass is 16.5. The summed E-state index contributed by atoms with van der Waals surface area (Å²) in [5.41, 5.74) is 2.19. The lowest BCUT2D eigenvalue weighted by molar-refractivity contribution is -0.117. The highest BCUT2D eigenvalue weighted by molar-refractivity contribution is 5.97. The quantitative estimate of drug-likeness (QED) is 0.436. The molecule has 5 nitrogen and oxygen atoms in total. The number of hydrogen-bond acceptors (Lipinski definition) is 4. The van der Waals surface area contributed by atoms with Crippen molar-refractivity contribution in [3.8, 4) is 11.8 Å². The Morgan fingerprint density at radius 1 is 1.19 bits per heavy atom. The molecule has 0 bridgehead atoms. The Labute approximate surface area is 154 Å². The molecule has 2 N–H and O–H groups in total. The molecule has 0 saturated heterocycles. The molecule has 1 amide bonds. The van der Waals surface area contributed by atoms with Crippen molar-refractivity contribution in [3.63, 3.8) is 0 Å². The molecule has 2 aromatic rings. The Morgan fingerprint density at radius 3 is 2.50 bits per heavy atom. The van der Waals surface area contributed by atoms with E-state index in [1.165, 1.54) is 6.20 Å². The van der Waals surface area contributed by atoms with E-state index in [1.807, 2.05) is 67.6 Å². The molecule has 0 aliphatic rings. The smallest absolute Gasteiger partial charge is 0.263 e. The first-order valence-corrected chi connectivity index (χ1v) is 8.46. The first-order valence-electron chi connectivity index (χ1n) is 8.46. The van der Waals surface area contributed by atoms with Gasteiger partial charge in [0.25, 0.3) is 5.91 Å². The molecule has 2 rings (SSSR count). The van der Waals surface area contributed by atoms with E-state index in [9.17, 15) is 10.1 Å². The SMILES string of the molecule is COc1ccc(CCN/C=C(/C#N)C(=O)NC(C)c2ccccc2)cc1. The van der Waals surface area contributed by atoms with Crippen LogP contribution in [0.5, 0.6) is 5.75 Å². The van der Waals surface area contributed by atoms with E-state index in [0.717, 1.165) is 23.3 Å². The Hall–Kier alpha value is -3.26. The molecule has 0 spiro atoms. The molecule has 0 radical (unpaired) electrons. The summed E-state index contributed by atoms with van der Waals surface area (Å²) in [7, 11) is 1.63. The minimum atomic E-state index is -0.388. The van der Waals surface area contributed by atoms with E-state index in [1.54, 1.807) is 7.11 Å². The number of carbonyl (C=O) groups excluding carboxylic acids is 1. The summed E-state index contributed by atoms with van der Waals surface area (Å²) >= 11 is 0. The third-order valence-electron chi connectivity index (χ3n) is 3.98. The largest absolute Gasteiger partial charge is 0.497 e. The van der Waals surface area contributed by atoms with Crippen LogP contribution in [0.2, 0.25) is 0 Å². The maximum atomic E-state index is 12.2. The van der Waals surface area contributed by atoms with Gasteiger partial charge >= 0.3 is 0 Å². The number of benzene rings is 2. The second kappa shape index (κ2) is 9.90. The molecule has 5 heteroatoms. The lowest BCUT2D eigenvalue weighted by Crippen LogP contribution is -2.28. The van der Waals surface area contributed by atoms with E-state index in [2.05, 4.69) is 10.6 Å². The lowest BCUT2D eigenvalue weighted by atomic mass is 10.1. The maximum Gasteiger partial charge on any atom is 0.263 e. The predicted molar refractivity (Wildman–Crippen MR) is 101 cm³/mol. The third kappa shape index (κ3) is 5.67. The number of ether oxygens (including phenoxy) is 1. The Balaban J connectivity index is 1.84. The van der Waals surface area contributed by atoms with Gasteiger partial charge in [0.15, 0.2) is 0 Å². The Bertz CT molecular complexity index is 777. The fourth-order valence-electron chi connectivity index (χ4n) is 2.43. The average Bonchev–Trinajstić information content (AvgIpc) is 2.69. The second-order valence-electron chi connectivity index (χ2n) is 5.83. The Morgan fingerprint density at radius 2 is 1.88 bits per heavy atom. The van der Waals surface area contributed by atoms with Crippen LogP contribution in [-0.4, -0.2) is 19.6 Å². The zero-order chi connectivity index (χ0) is 18.8. The molecule has 0 aliphatic carbocycles. The van der Waals surface area contributed by atoms with Gasteiger partial charge in [0.05, 0.1) is 13.2 Å². The topological polar surface area (TPSA) is 74.1 Å². The summed E-state index contributed by atoms with van der Waals surface area (Å²) < 4.78 is 5.13. The number of methoxy groups -OCH3 is 1. The molecule has 134 valence electrons. The molecule has 0 fully saturated rings. The summed E-state index contributed by atoms with van der Waals surface area (Å²) in [6.07, 6.45) is 2.25. The molecule has 0 heterocycles. The van der Waals surface area contributed by atoms with Gasteiger partial charge in [-0.1, -0.05) is 42.5 Å². The first kappa shape index (κ1) is 19.1. The van der Waals surface area contributed by atoms with Crippen molar-refractivity contribution in [3.05, 3.63) is 77.5 Å². The molecule has 2 aromatic carbocycles. The molecule has 1 unspecified atom stereocenters. The number of carbonyl (C=O) groups is 1. The van der Waals surface area contributed by atoms with Crippen molar-refractivity contribution in [2.24, 2.45) is 0 Å².